The summed E-state index contributed by atoms with van der Waals surface area (Å²) in [7, 11) is 0. The van der Waals surface area contributed by atoms with E-state index in [9.17, 15) is 5.11 Å². The summed E-state index contributed by atoms with van der Waals surface area (Å²) in [5.74, 6) is 1.30. The summed E-state index contributed by atoms with van der Waals surface area (Å²) >= 11 is 6.00. The third-order valence-electron chi connectivity index (χ3n) is 2.32. The molecule has 0 spiro atoms. The number of aryl methyl sites for hydroxylation is 1. The van der Waals surface area contributed by atoms with Gasteiger partial charge in [-0.25, -0.2) is 9.97 Å². The van der Waals surface area contributed by atoms with Gasteiger partial charge in [0.2, 0.25) is 0 Å². The highest BCUT2D eigenvalue weighted by Gasteiger charge is 2.10. The second-order valence-electron chi connectivity index (χ2n) is 3.87. The van der Waals surface area contributed by atoms with Gasteiger partial charge < -0.3 is 15.5 Å². The van der Waals surface area contributed by atoms with Crippen LogP contribution in [0, 0.1) is 6.92 Å². The lowest BCUT2D eigenvalue weighted by Gasteiger charge is -2.13. The van der Waals surface area contributed by atoms with E-state index in [4.69, 9.17) is 16.7 Å². The number of rotatable bonds is 6. The molecule has 1 aromatic rings. The molecule has 6 heteroatoms. The van der Waals surface area contributed by atoms with Crippen LogP contribution in [0.15, 0.2) is 0 Å². The Bertz CT molecular complexity index is 374. The Labute approximate surface area is 106 Å². The highest BCUT2D eigenvalue weighted by molar-refractivity contribution is 6.30. The van der Waals surface area contributed by atoms with Gasteiger partial charge in [0.05, 0.1) is 12.7 Å². The molecule has 3 N–H and O–H groups in total. The minimum absolute atomic E-state index is 0.232. The number of aliphatic hydroxyl groups is 2. The monoisotopic (exact) mass is 259 g/mol. The summed E-state index contributed by atoms with van der Waals surface area (Å²) in [5.41, 5.74) is 0.747. The predicted octanol–water partition coefficient (Wildman–Crippen LogP) is 1.16. The fraction of sp³-hybridized carbons (Fsp3) is 0.636. The zero-order chi connectivity index (χ0) is 12.8. The van der Waals surface area contributed by atoms with E-state index in [1.165, 1.54) is 0 Å². The van der Waals surface area contributed by atoms with Crippen LogP contribution in [-0.2, 0) is 6.42 Å². The Morgan fingerprint density at radius 1 is 1.41 bits per heavy atom. The van der Waals surface area contributed by atoms with Crippen molar-refractivity contribution in [3.63, 3.8) is 0 Å². The zero-order valence-corrected chi connectivity index (χ0v) is 10.8. The highest BCUT2D eigenvalue weighted by atomic mass is 35.5. The van der Waals surface area contributed by atoms with E-state index < -0.39 is 6.10 Å². The van der Waals surface area contributed by atoms with Gasteiger partial charge >= 0.3 is 0 Å². The smallest absolute Gasteiger partial charge is 0.137 e. The number of hydrogen-bond donors (Lipinski definition) is 3. The molecule has 0 aliphatic rings. The Morgan fingerprint density at radius 2 is 2.12 bits per heavy atom. The van der Waals surface area contributed by atoms with Crippen molar-refractivity contribution in [2.75, 3.05) is 18.5 Å². The molecule has 0 saturated carbocycles. The van der Waals surface area contributed by atoms with Crippen LogP contribution in [0.25, 0.3) is 0 Å². The minimum atomic E-state index is -0.808. The molecule has 0 amide bonds. The fourth-order valence-electron chi connectivity index (χ4n) is 1.32. The van der Waals surface area contributed by atoms with Crippen molar-refractivity contribution in [2.24, 2.45) is 0 Å². The molecule has 0 aromatic carbocycles. The van der Waals surface area contributed by atoms with Crippen LogP contribution in [0.3, 0.4) is 0 Å². The van der Waals surface area contributed by atoms with Crippen molar-refractivity contribution in [2.45, 2.75) is 32.8 Å². The summed E-state index contributed by atoms with van der Waals surface area (Å²) in [6.07, 6.45) is 0.896. The van der Waals surface area contributed by atoms with Crippen LogP contribution in [0.4, 0.5) is 5.82 Å². The van der Waals surface area contributed by atoms with Crippen LogP contribution in [0.1, 0.15) is 24.7 Å². The first-order chi connectivity index (χ1) is 8.08. The number of nitrogens with one attached hydrogen (secondary N) is 1. The lowest BCUT2D eigenvalue weighted by atomic mass is 10.3. The number of anilines is 1. The molecule has 1 rings (SSSR count). The maximum absolute atomic E-state index is 9.26. The summed E-state index contributed by atoms with van der Waals surface area (Å²) in [5, 5.41) is 21.4. The van der Waals surface area contributed by atoms with Crippen LogP contribution in [-0.4, -0.2) is 39.4 Å². The van der Waals surface area contributed by atoms with Gasteiger partial charge in [0.1, 0.15) is 16.8 Å². The number of aromatic nitrogens is 2. The summed E-state index contributed by atoms with van der Waals surface area (Å²) in [6, 6.07) is 0. The van der Waals surface area contributed by atoms with E-state index in [-0.39, 0.29) is 13.2 Å². The average Bonchev–Trinajstić information content (AvgIpc) is 2.31. The van der Waals surface area contributed by atoms with Gasteiger partial charge in [-0.2, -0.15) is 0 Å². The molecule has 1 unspecified atom stereocenters. The van der Waals surface area contributed by atoms with Crippen LogP contribution in [0.2, 0.25) is 5.15 Å². The third-order valence-corrected chi connectivity index (χ3v) is 2.69. The summed E-state index contributed by atoms with van der Waals surface area (Å²) in [6.45, 7) is 3.80. The Hall–Kier alpha value is -0.910. The van der Waals surface area contributed by atoms with Crippen molar-refractivity contribution in [3.05, 3.63) is 16.5 Å². The van der Waals surface area contributed by atoms with Crippen molar-refractivity contribution in [1.29, 1.82) is 0 Å². The summed E-state index contributed by atoms with van der Waals surface area (Å²) in [4.78, 5) is 8.50. The minimum Gasteiger partial charge on any atom is -0.394 e. The average molecular weight is 260 g/mol. The molecular weight excluding hydrogens is 242 g/mol. The Balaban J connectivity index is 2.82. The molecular formula is C11H18ClN3O2. The van der Waals surface area contributed by atoms with Gasteiger partial charge in [-0.3, -0.25) is 0 Å². The third kappa shape index (κ3) is 4.11. The molecule has 0 saturated heterocycles. The largest absolute Gasteiger partial charge is 0.394 e. The molecule has 1 atom stereocenters. The molecule has 17 heavy (non-hydrogen) atoms. The van der Waals surface area contributed by atoms with Crippen LogP contribution >= 0.6 is 11.6 Å². The van der Waals surface area contributed by atoms with Crippen LogP contribution in [0.5, 0.6) is 0 Å². The number of halogens is 1. The molecule has 1 aromatic heterocycles. The van der Waals surface area contributed by atoms with Crippen molar-refractivity contribution in [3.8, 4) is 0 Å². The van der Waals surface area contributed by atoms with E-state index in [1.54, 1.807) is 0 Å². The summed E-state index contributed by atoms with van der Waals surface area (Å²) < 4.78 is 0. The fourth-order valence-corrected chi connectivity index (χ4v) is 1.51. The molecule has 5 nitrogen and oxygen atoms in total. The lowest BCUT2D eigenvalue weighted by molar-refractivity contribution is 0.105. The molecule has 0 fully saturated rings. The Morgan fingerprint density at radius 3 is 2.71 bits per heavy atom. The van der Waals surface area contributed by atoms with Gasteiger partial charge in [0.15, 0.2) is 0 Å². The second-order valence-corrected chi connectivity index (χ2v) is 4.23. The normalized spacial score (nSPS) is 12.5. The first-order valence-corrected chi connectivity index (χ1v) is 6.02. The molecule has 1 heterocycles. The standard InChI is InChI=1S/C11H18ClN3O2/c1-3-4-9-14-10(12)7(2)11(15-9)13-5-8(17)6-16/h8,16-17H,3-6H2,1-2H3,(H,13,14,15). The molecule has 0 radical (unpaired) electrons. The zero-order valence-electron chi connectivity index (χ0n) is 10.1. The number of nitrogens with zero attached hydrogens (tertiary/aromatic N) is 2. The van der Waals surface area contributed by atoms with Crippen LogP contribution < -0.4 is 5.32 Å². The van der Waals surface area contributed by atoms with Crippen molar-refractivity contribution in [1.82, 2.24) is 9.97 Å². The first kappa shape index (κ1) is 14.2. The highest BCUT2D eigenvalue weighted by Crippen LogP contribution is 2.20. The van der Waals surface area contributed by atoms with Gasteiger partial charge in [-0.1, -0.05) is 18.5 Å². The molecule has 0 bridgehead atoms. The van der Waals surface area contributed by atoms with Crippen molar-refractivity contribution >= 4 is 17.4 Å². The lowest BCUT2D eigenvalue weighted by Crippen LogP contribution is -2.24. The van der Waals surface area contributed by atoms with Gasteiger partial charge in [0, 0.05) is 18.5 Å². The maximum Gasteiger partial charge on any atom is 0.137 e. The predicted molar refractivity (Wildman–Crippen MR) is 67.4 cm³/mol. The topological polar surface area (TPSA) is 78.3 Å². The second kappa shape index (κ2) is 6.74. The van der Waals surface area contributed by atoms with Gasteiger partial charge in [-0.05, 0) is 13.3 Å². The number of aliphatic hydroxyl groups excluding tert-OH is 2. The van der Waals surface area contributed by atoms with E-state index in [1.807, 2.05) is 13.8 Å². The van der Waals surface area contributed by atoms with Gasteiger partial charge in [-0.15, -0.1) is 0 Å². The Kier molecular flexibility index (Phi) is 5.61. The van der Waals surface area contributed by atoms with E-state index in [2.05, 4.69) is 15.3 Å². The van der Waals surface area contributed by atoms with Crippen molar-refractivity contribution < 1.29 is 10.2 Å². The molecule has 96 valence electrons. The first-order valence-electron chi connectivity index (χ1n) is 5.64. The number of hydrogen-bond acceptors (Lipinski definition) is 5. The molecule has 0 aliphatic heterocycles. The van der Waals surface area contributed by atoms with Gasteiger partial charge in [0.25, 0.3) is 0 Å². The quantitative estimate of drug-likeness (QED) is 0.668. The van der Waals surface area contributed by atoms with E-state index in [0.29, 0.717) is 16.8 Å². The molecule has 0 aliphatic carbocycles. The maximum atomic E-state index is 9.26. The van der Waals surface area contributed by atoms with E-state index in [0.717, 1.165) is 18.4 Å². The SMILES string of the molecule is CCCc1nc(Cl)c(C)c(NCC(O)CO)n1. The van der Waals surface area contributed by atoms with E-state index >= 15 is 0 Å².